The molecule has 0 aliphatic heterocycles. The molecule has 0 unspecified atom stereocenters. The molecule has 1 aromatic heterocycles. The number of thiazole rings is 1. The number of hydrogen-bond acceptors (Lipinski definition) is 2. The molecule has 0 amide bonds. The van der Waals surface area contributed by atoms with Gasteiger partial charge in [0.05, 0.1) is 16.1 Å². The average Bonchev–Trinajstić information content (AvgIpc) is 2.53. The van der Waals surface area contributed by atoms with Crippen LogP contribution in [0.1, 0.15) is 5.69 Å². The summed E-state index contributed by atoms with van der Waals surface area (Å²) in [5, 5.41) is 0. The van der Waals surface area contributed by atoms with Crippen molar-refractivity contribution < 1.29 is 4.39 Å². The minimum atomic E-state index is -0.203. The van der Waals surface area contributed by atoms with Gasteiger partial charge in [-0.05, 0) is 24.6 Å². The molecule has 1 heterocycles. The summed E-state index contributed by atoms with van der Waals surface area (Å²) in [7, 11) is 0. The van der Waals surface area contributed by atoms with E-state index in [-0.39, 0.29) is 5.82 Å². The van der Waals surface area contributed by atoms with Gasteiger partial charge in [-0.1, -0.05) is 12.1 Å². The SMILES string of the molecule is Cc1ncsc1-c1ccc(F)cc1. The van der Waals surface area contributed by atoms with Gasteiger partial charge in [-0.15, -0.1) is 11.3 Å². The van der Waals surface area contributed by atoms with E-state index in [2.05, 4.69) is 4.98 Å². The molecule has 1 aromatic carbocycles. The van der Waals surface area contributed by atoms with E-state index in [0.717, 1.165) is 16.1 Å². The summed E-state index contributed by atoms with van der Waals surface area (Å²) in [5.41, 5.74) is 3.83. The Morgan fingerprint density at radius 2 is 1.92 bits per heavy atom. The first kappa shape index (κ1) is 8.38. The van der Waals surface area contributed by atoms with Crippen molar-refractivity contribution in [1.29, 1.82) is 0 Å². The third-order valence-corrected chi connectivity index (χ3v) is 2.83. The van der Waals surface area contributed by atoms with Crippen LogP contribution in [0.5, 0.6) is 0 Å². The Balaban J connectivity index is 2.47. The topological polar surface area (TPSA) is 12.9 Å². The predicted molar refractivity (Wildman–Crippen MR) is 52.2 cm³/mol. The van der Waals surface area contributed by atoms with Gasteiger partial charge in [0.1, 0.15) is 5.82 Å². The molecule has 0 aliphatic carbocycles. The quantitative estimate of drug-likeness (QED) is 0.677. The molecule has 13 heavy (non-hydrogen) atoms. The summed E-state index contributed by atoms with van der Waals surface area (Å²) in [6, 6.07) is 6.48. The van der Waals surface area contributed by atoms with Gasteiger partial charge in [0.15, 0.2) is 0 Å². The van der Waals surface area contributed by atoms with Crippen LogP contribution in [0.15, 0.2) is 29.8 Å². The molecule has 0 spiro atoms. The van der Waals surface area contributed by atoms with Crippen LogP contribution in [0.2, 0.25) is 0 Å². The molecule has 0 saturated heterocycles. The van der Waals surface area contributed by atoms with Crippen LogP contribution in [0.25, 0.3) is 10.4 Å². The molecule has 66 valence electrons. The summed E-state index contributed by atoms with van der Waals surface area (Å²) in [6.45, 7) is 1.95. The van der Waals surface area contributed by atoms with Crippen LogP contribution in [-0.4, -0.2) is 4.98 Å². The molecule has 0 bridgehead atoms. The Bertz CT molecular complexity index is 405. The Morgan fingerprint density at radius 3 is 2.46 bits per heavy atom. The highest BCUT2D eigenvalue weighted by Gasteiger charge is 2.03. The third kappa shape index (κ3) is 1.60. The standard InChI is InChI=1S/C10H8FNS/c1-7-10(13-6-12-7)8-2-4-9(11)5-3-8/h2-6H,1H3. The van der Waals surface area contributed by atoms with Crippen molar-refractivity contribution in [2.75, 3.05) is 0 Å². The van der Waals surface area contributed by atoms with Crippen molar-refractivity contribution in [2.24, 2.45) is 0 Å². The van der Waals surface area contributed by atoms with Gasteiger partial charge in [-0.25, -0.2) is 9.37 Å². The van der Waals surface area contributed by atoms with E-state index >= 15 is 0 Å². The second-order valence-corrected chi connectivity index (χ2v) is 3.63. The number of hydrogen-bond donors (Lipinski definition) is 0. The smallest absolute Gasteiger partial charge is 0.123 e. The fourth-order valence-corrected chi connectivity index (χ4v) is 1.99. The molecule has 0 fully saturated rings. The summed E-state index contributed by atoms with van der Waals surface area (Å²) < 4.78 is 12.6. The molecule has 0 N–H and O–H groups in total. The highest BCUT2D eigenvalue weighted by molar-refractivity contribution is 7.13. The van der Waals surface area contributed by atoms with Gasteiger partial charge in [-0.3, -0.25) is 0 Å². The number of halogens is 1. The minimum Gasteiger partial charge on any atom is -0.249 e. The van der Waals surface area contributed by atoms with E-state index in [1.165, 1.54) is 12.1 Å². The lowest BCUT2D eigenvalue weighted by Crippen LogP contribution is -1.78. The zero-order chi connectivity index (χ0) is 9.26. The lowest BCUT2D eigenvalue weighted by atomic mass is 10.1. The molecule has 0 atom stereocenters. The van der Waals surface area contributed by atoms with Gasteiger partial charge in [0.2, 0.25) is 0 Å². The number of aromatic nitrogens is 1. The number of rotatable bonds is 1. The van der Waals surface area contributed by atoms with E-state index in [0.29, 0.717) is 0 Å². The van der Waals surface area contributed by atoms with Crippen LogP contribution in [0, 0.1) is 12.7 Å². The Labute approximate surface area is 79.9 Å². The molecular weight excluding hydrogens is 185 g/mol. The fourth-order valence-electron chi connectivity index (χ4n) is 1.18. The maximum atomic E-state index is 12.6. The van der Waals surface area contributed by atoms with Crippen molar-refractivity contribution in [1.82, 2.24) is 4.98 Å². The lowest BCUT2D eigenvalue weighted by molar-refractivity contribution is 0.628. The average molecular weight is 193 g/mol. The largest absolute Gasteiger partial charge is 0.249 e. The van der Waals surface area contributed by atoms with E-state index < -0.39 is 0 Å². The summed E-state index contributed by atoms with van der Waals surface area (Å²) in [4.78, 5) is 5.25. The van der Waals surface area contributed by atoms with Gasteiger partial charge in [-0.2, -0.15) is 0 Å². The Morgan fingerprint density at radius 1 is 1.23 bits per heavy atom. The van der Waals surface area contributed by atoms with Gasteiger partial charge in [0.25, 0.3) is 0 Å². The first-order valence-electron chi connectivity index (χ1n) is 3.93. The van der Waals surface area contributed by atoms with E-state index in [1.807, 2.05) is 6.92 Å². The molecule has 2 rings (SSSR count). The highest BCUT2D eigenvalue weighted by Crippen LogP contribution is 2.26. The van der Waals surface area contributed by atoms with Crippen molar-refractivity contribution >= 4 is 11.3 Å². The number of nitrogens with zero attached hydrogens (tertiary/aromatic N) is 1. The molecule has 0 radical (unpaired) electrons. The second kappa shape index (κ2) is 3.26. The fraction of sp³-hybridized carbons (Fsp3) is 0.100. The molecule has 0 aliphatic rings. The maximum absolute atomic E-state index is 12.6. The summed E-state index contributed by atoms with van der Waals surface area (Å²) in [5.74, 6) is -0.203. The lowest BCUT2D eigenvalue weighted by Gasteiger charge is -1.97. The maximum Gasteiger partial charge on any atom is 0.123 e. The molecule has 2 aromatic rings. The normalized spacial score (nSPS) is 10.3. The van der Waals surface area contributed by atoms with Crippen molar-refractivity contribution in [2.45, 2.75) is 6.92 Å². The molecule has 3 heteroatoms. The van der Waals surface area contributed by atoms with Crippen LogP contribution in [0.3, 0.4) is 0 Å². The van der Waals surface area contributed by atoms with E-state index in [1.54, 1.807) is 29.0 Å². The molecule has 1 nitrogen and oxygen atoms in total. The van der Waals surface area contributed by atoms with Crippen LogP contribution in [-0.2, 0) is 0 Å². The summed E-state index contributed by atoms with van der Waals surface area (Å²) in [6.07, 6.45) is 0. The van der Waals surface area contributed by atoms with Crippen molar-refractivity contribution in [3.05, 3.63) is 41.3 Å². The molecule has 0 saturated carbocycles. The predicted octanol–water partition coefficient (Wildman–Crippen LogP) is 3.26. The van der Waals surface area contributed by atoms with Gasteiger partial charge < -0.3 is 0 Å². The summed E-state index contributed by atoms with van der Waals surface area (Å²) >= 11 is 1.57. The number of benzene rings is 1. The highest BCUT2D eigenvalue weighted by atomic mass is 32.1. The third-order valence-electron chi connectivity index (χ3n) is 1.85. The van der Waals surface area contributed by atoms with Gasteiger partial charge in [0, 0.05) is 0 Å². The Hall–Kier alpha value is -1.22. The zero-order valence-electron chi connectivity index (χ0n) is 7.12. The van der Waals surface area contributed by atoms with Crippen LogP contribution >= 0.6 is 11.3 Å². The minimum absolute atomic E-state index is 0.203. The zero-order valence-corrected chi connectivity index (χ0v) is 7.94. The monoisotopic (exact) mass is 193 g/mol. The Kier molecular flexibility index (Phi) is 2.10. The van der Waals surface area contributed by atoms with E-state index in [9.17, 15) is 4.39 Å². The first-order chi connectivity index (χ1) is 6.27. The van der Waals surface area contributed by atoms with Gasteiger partial charge >= 0.3 is 0 Å². The van der Waals surface area contributed by atoms with E-state index in [4.69, 9.17) is 0 Å². The first-order valence-corrected chi connectivity index (χ1v) is 4.81. The number of aryl methyl sites for hydroxylation is 1. The van der Waals surface area contributed by atoms with Crippen LogP contribution < -0.4 is 0 Å². The second-order valence-electron chi connectivity index (χ2n) is 2.77. The van der Waals surface area contributed by atoms with Crippen LogP contribution in [0.4, 0.5) is 4.39 Å². The van der Waals surface area contributed by atoms with Crippen molar-refractivity contribution in [3.63, 3.8) is 0 Å². The molecular formula is C10H8FNS. The van der Waals surface area contributed by atoms with Crippen molar-refractivity contribution in [3.8, 4) is 10.4 Å².